The Kier molecular flexibility index (Phi) is 8.84. The summed E-state index contributed by atoms with van der Waals surface area (Å²) in [5.74, 6) is -0.154. The predicted molar refractivity (Wildman–Crippen MR) is 146 cm³/mol. The molecule has 2 aromatic heterocycles. The highest BCUT2D eigenvalue weighted by molar-refractivity contribution is 6.04. The first kappa shape index (κ1) is 26.5. The predicted octanol–water partition coefficient (Wildman–Crippen LogP) is 4.02. The van der Waals surface area contributed by atoms with Crippen LogP contribution >= 0.6 is 12.4 Å². The van der Waals surface area contributed by atoms with Crippen LogP contribution in [-0.2, 0) is 7.05 Å². The molecule has 0 saturated carbocycles. The summed E-state index contributed by atoms with van der Waals surface area (Å²) in [6.45, 7) is 0. The Labute approximate surface area is 222 Å². The molecule has 3 N–H and O–H groups in total. The number of rotatable bonds is 6. The average molecular weight is 518 g/mol. The topological polar surface area (TPSA) is 71.0 Å². The van der Waals surface area contributed by atoms with E-state index in [0.717, 1.165) is 39.3 Å². The Morgan fingerprint density at radius 3 is 2.19 bits per heavy atom. The molecular weight excluding hydrogens is 493 g/mol. The van der Waals surface area contributed by atoms with Crippen molar-refractivity contribution in [3.63, 3.8) is 0 Å². The Bertz CT molecular complexity index is 1440. The molecule has 1 amide bonds. The van der Waals surface area contributed by atoms with Crippen molar-refractivity contribution in [2.24, 2.45) is 7.05 Å². The minimum atomic E-state index is -0.154. The summed E-state index contributed by atoms with van der Waals surface area (Å²) in [5, 5.41) is 10.8. The summed E-state index contributed by atoms with van der Waals surface area (Å²) in [6, 6.07) is 29.0. The van der Waals surface area contributed by atoms with Gasteiger partial charge in [-0.15, -0.1) is 12.4 Å². The molecule has 0 saturated heterocycles. The number of halogens is 2. The van der Waals surface area contributed by atoms with Crippen molar-refractivity contribution in [1.29, 1.82) is 0 Å². The van der Waals surface area contributed by atoms with Gasteiger partial charge in [0.2, 0.25) is 0 Å². The zero-order valence-electron chi connectivity index (χ0n) is 19.5. The third-order valence-corrected chi connectivity index (χ3v) is 5.49. The molecule has 5 aromatic rings. The molecule has 0 bridgehead atoms. The lowest BCUT2D eigenvalue weighted by atomic mass is 10.1. The fourth-order valence-corrected chi connectivity index (χ4v) is 3.66. The number of hydrogen-bond acceptors (Lipinski definition) is 4. The molecule has 8 heteroatoms. The highest BCUT2D eigenvalue weighted by Gasteiger charge is 2.08. The molecule has 0 spiro atoms. The van der Waals surface area contributed by atoms with E-state index in [-0.39, 0.29) is 30.7 Å². The molecule has 0 fully saturated rings. The molecule has 2 heterocycles. The summed E-state index contributed by atoms with van der Waals surface area (Å²) in [7, 11) is 1.98. The highest BCUT2D eigenvalue weighted by atomic mass is 35.5. The van der Waals surface area contributed by atoms with E-state index in [9.17, 15) is 4.79 Å². The number of carbonyl (C=O) groups excluding carboxylic acids is 1. The molecule has 6 nitrogen and oxygen atoms in total. The number of nitrogens with one attached hydrogen (secondary N) is 3. The van der Waals surface area contributed by atoms with Gasteiger partial charge in [0.15, 0.2) is 0 Å². The molecule has 0 aliphatic heterocycles. The highest BCUT2D eigenvalue weighted by Crippen LogP contribution is 2.26. The molecule has 0 unspecified atom stereocenters. The molecule has 0 aliphatic carbocycles. The maximum atomic E-state index is 12.7. The van der Waals surface area contributed by atoms with Crippen LogP contribution in [0.3, 0.4) is 0 Å². The molecule has 3 aromatic carbocycles. The summed E-state index contributed by atoms with van der Waals surface area (Å²) >= 11 is 0. The van der Waals surface area contributed by atoms with Crippen LogP contribution in [0.25, 0.3) is 10.9 Å². The Morgan fingerprint density at radius 1 is 0.833 bits per heavy atom. The van der Waals surface area contributed by atoms with Gasteiger partial charge in [-0.25, -0.2) is 0 Å². The number of fused-ring (bicyclic) bond motifs is 1. The fourth-order valence-electron chi connectivity index (χ4n) is 3.66. The SMILES string of the molecule is Cl.Cn1cc[c+](Nc2ccc(C(=O)Nc3ccc(Nc4ccnc5ccccc45)cc3)cc2)cc1.[Cl-]. The number of aromatic nitrogens is 2. The molecule has 5 rings (SSSR count). The van der Waals surface area contributed by atoms with E-state index >= 15 is 0 Å². The zero-order chi connectivity index (χ0) is 23.3. The van der Waals surface area contributed by atoms with E-state index in [0.29, 0.717) is 5.56 Å². The lowest BCUT2D eigenvalue weighted by Gasteiger charge is -2.11. The smallest absolute Gasteiger partial charge is 0.255 e. The number of aryl methyl sites for hydroxylation is 1. The van der Waals surface area contributed by atoms with Gasteiger partial charge in [-0.3, -0.25) is 19.7 Å². The second-order valence-corrected chi connectivity index (χ2v) is 7.99. The number of hydrogen-bond donors (Lipinski definition) is 3. The molecule has 0 radical (unpaired) electrons. The van der Waals surface area contributed by atoms with E-state index in [1.807, 2.05) is 115 Å². The summed E-state index contributed by atoms with van der Waals surface area (Å²) in [4.78, 5) is 17.1. The number of benzene rings is 3. The van der Waals surface area contributed by atoms with Crippen LogP contribution in [0.1, 0.15) is 10.4 Å². The maximum absolute atomic E-state index is 12.7. The minimum Gasteiger partial charge on any atom is -1.00 e. The molecule has 0 aliphatic rings. The van der Waals surface area contributed by atoms with Gasteiger partial charge in [0.1, 0.15) is 11.4 Å². The van der Waals surface area contributed by atoms with Crippen LogP contribution < -0.4 is 28.4 Å². The number of amides is 1. The van der Waals surface area contributed by atoms with Crippen molar-refractivity contribution in [3.8, 4) is 0 Å². The third kappa shape index (κ3) is 6.30. The second-order valence-electron chi connectivity index (χ2n) is 7.99. The van der Waals surface area contributed by atoms with Crippen LogP contribution in [-0.4, -0.2) is 15.5 Å². The van der Waals surface area contributed by atoms with Gasteiger partial charge in [0.25, 0.3) is 5.91 Å². The lowest BCUT2D eigenvalue weighted by molar-refractivity contribution is -0.0000145. The van der Waals surface area contributed by atoms with Gasteiger partial charge < -0.3 is 23.0 Å². The van der Waals surface area contributed by atoms with Gasteiger partial charge in [-0.1, -0.05) is 18.2 Å². The van der Waals surface area contributed by atoms with Gasteiger partial charge in [-0.2, -0.15) is 0 Å². The van der Waals surface area contributed by atoms with E-state index in [1.54, 1.807) is 6.20 Å². The van der Waals surface area contributed by atoms with Crippen LogP contribution in [0.2, 0.25) is 0 Å². The van der Waals surface area contributed by atoms with Crippen molar-refractivity contribution in [1.82, 2.24) is 9.55 Å². The van der Waals surface area contributed by atoms with Gasteiger partial charge in [-0.05, 0) is 48.5 Å². The summed E-state index contributed by atoms with van der Waals surface area (Å²) in [5.41, 5.74) is 6.09. The van der Waals surface area contributed by atoms with Crippen molar-refractivity contribution in [3.05, 3.63) is 115 Å². The first-order valence-electron chi connectivity index (χ1n) is 11.0. The van der Waals surface area contributed by atoms with Crippen LogP contribution in [0.5, 0.6) is 0 Å². The van der Waals surface area contributed by atoms with Gasteiger partial charge >= 0.3 is 0 Å². The van der Waals surface area contributed by atoms with Crippen molar-refractivity contribution >= 4 is 57.7 Å². The Hall–Kier alpha value is -4.13. The monoisotopic (exact) mass is 517 g/mol. The average Bonchev–Trinajstić information content (AvgIpc) is 2.87. The first-order valence-corrected chi connectivity index (χ1v) is 11.0. The first-order chi connectivity index (χ1) is 16.6. The molecular formula is C28H25Cl2N5O. The van der Waals surface area contributed by atoms with Crippen LogP contribution in [0.15, 0.2) is 110 Å². The summed E-state index contributed by atoms with van der Waals surface area (Å²) < 4.78 is 1.97. The van der Waals surface area contributed by atoms with Crippen LogP contribution in [0, 0.1) is 0 Å². The number of anilines is 5. The minimum absolute atomic E-state index is 0. The zero-order valence-corrected chi connectivity index (χ0v) is 21.1. The standard InChI is InChI=1S/C28H23N5O.2ClH/c1-33-18-15-24(16-19-33)30-21-8-6-20(7-9-21)28(34)32-23-12-10-22(11-13-23)31-27-14-17-29-26-5-3-2-4-25(26)27;;/h2-19H,1H3,(H2-,29,30,31,32,34);2*1H. The summed E-state index contributed by atoms with van der Waals surface area (Å²) in [6.07, 6.45) is 5.74. The maximum Gasteiger partial charge on any atom is 0.255 e. The van der Waals surface area contributed by atoms with Crippen LogP contribution in [0.4, 0.5) is 28.4 Å². The normalized spacial score (nSPS) is 10.0. The largest absolute Gasteiger partial charge is 1.00 e. The number of nitrogens with zero attached hydrogens (tertiary/aromatic N) is 2. The molecule has 0 atom stereocenters. The van der Waals surface area contributed by atoms with Gasteiger partial charge in [0.05, 0.1) is 30.0 Å². The van der Waals surface area contributed by atoms with Crippen molar-refractivity contribution in [2.45, 2.75) is 0 Å². The Morgan fingerprint density at radius 2 is 1.47 bits per heavy atom. The van der Waals surface area contributed by atoms with Crippen molar-refractivity contribution in [2.75, 3.05) is 16.0 Å². The molecule has 36 heavy (non-hydrogen) atoms. The number of para-hydroxylation sites is 1. The van der Waals surface area contributed by atoms with E-state index in [2.05, 4.69) is 20.9 Å². The lowest BCUT2D eigenvalue weighted by Crippen LogP contribution is -3.00. The second kappa shape index (κ2) is 12.0. The van der Waals surface area contributed by atoms with E-state index in [4.69, 9.17) is 0 Å². The fraction of sp³-hybridized carbons (Fsp3) is 0.0357. The number of carbonyl (C=O) groups is 1. The Balaban J connectivity index is 0.00000180. The quantitative estimate of drug-likeness (QED) is 0.297. The number of pyridine rings is 2. The van der Waals surface area contributed by atoms with Gasteiger partial charge in [0, 0.05) is 53.4 Å². The van der Waals surface area contributed by atoms with Crippen molar-refractivity contribution < 1.29 is 17.2 Å². The molecule has 182 valence electrons. The van der Waals surface area contributed by atoms with E-state index in [1.165, 1.54) is 0 Å². The van der Waals surface area contributed by atoms with E-state index < -0.39 is 0 Å². The third-order valence-electron chi connectivity index (χ3n) is 5.49.